The molecular weight excluding hydrogens is 309 g/mol. The van der Waals surface area contributed by atoms with Crippen molar-refractivity contribution in [1.82, 2.24) is 4.98 Å². The lowest BCUT2D eigenvalue weighted by Crippen LogP contribution is -2.34. The van der Waals surface area contributed by atoms with Gasteiger partial charge in [-0.2, -0.15) is 8.78 Å². The molecule has 0 saturated heterocycles. The molecule has 0 saturated carbocycles. The molecular formula is C16H13F3N2O2. The molecule has 1 aliphatic rings. The average molecular weight is 322 g/mol. The van der Waals surface area contributed by atoms with Gasteiger partial charge in [0.1, 0.15) is 5.82 Å². The van der Waals surface area contributed by atoms with E-state index in [1.807, 2.05) is 0 Å². The van der Waals surface area contributed by atoms with Crippen LogP contribution in [0.5, 0.6) is 0 Å². The highest BCUT2D eigenvalue weighted by molar-refractivity contribution is 6.06. The summed E-state index contributed by atoms with van der Waals surface area (Å²) in [5, 5.41) is 9.69. The van der Waals surface area contributed by atoms with E-state index in [-0.39, 0.29) is 23.5 Å². The maximum absolute atomic E-state index is 14.4. The van der Waals surface area contributed by atoms with Crippen molar-refractivity contribution in [2.45, 2.75) is 25.5 Å². The van der Waals surface area contributed by atoms with E-state index in [4.69, 9.17) is 0 Å². The molecule has 1 aromatic carbocycles. The lowest BCUT2D eigenvalue weighted by molar-refractivity contribution is -0.141. The van der Waals surface area contributed by atoms with E-state index in [1.54, 1.807) is 0 Å². The predicted molar refractivity (Wildman–Crippen MR) is 76.4 cm³/mol. The van der Waals surface area contributed by atoms with Crippen LogP contribution >= 0.6 is 0 Å². The normalized spacial score (nSPS) is 17.3. The number of aromatic nitrogens is 1. The summed E-state index contributed by atoms with van der Waals surface area (Å²) in [6, 6.07) is 6.43. The summed E-state index contributed by atoms with van der Waals surface area (Å²) in [4.78, 5) is 16.9. The van der Waals surface area contributed by atoms with Gasteiger partial charge in [0.05, 0.1) is 29.6 Å². The molecule has 3 rings (SSSR count). The Morgan fingerprint density at radius 3 is 2.74 bits per heavy atom. The van der Waals surface area contributed by atoms with Crippen LogP contribution in [0.3, 0.4) is 0 Å². The molecule has 0 unspecified atom stereocenters. The first-order chi connectivity index (χ1) is 10.8. The minimum atomic E-state index is -3.74. The van der Waals surface area contributed by atoms with Gasteiger partial charge < -0.3 is 10.0 Å². The first kappa shape index (κ1) is 15.5. The molecule has 2 aromatic rings. The molecule has 0 radical (unpaired) electrons. The number of alkyl halides is 2. The van der Waals surface area contributed by atoms with E-state index in [1.165, 1.54) is 31.3 Å². The molecule has 2 heterocycles. The quantitative estimate of drug-likeness (QED) is 0.945. The van der Waals surface area contributed by atoms with Gasteiger partial charge in [0, 0.05) is 6.20 Å². The molecule has 1 N–H and O–H groups in total. The molecule has 0 spiro atoms. The Labute approximate surface area is 130 Å². The summed E-state index contributed by atoms with van der Waals surface area (Å²) in [5.41, 5.74) is -0.346. The number of halogens is 3. The van der Waals surface area contributed by atoms with E-state index in [2.05, 4.69) is 4.98 Å². The van der Waals surface area contributed by atoms with Gasteiger partial charge in [-0.1, -0.05) is 12.1 Å². The van der Waals surface area contributed by atoms with Crippen molar-refractivity contribution in [2.75, 3.05) is 4.90 Å². The maximum Gasteiger partial charge on any atom is 0.352 e. The number of carbonyl (C=O) groups excluding carboxylic acids is 1. The van der Waals surface area contributed by atoms with Gasteiger partial charge in [-0.25, -0.2) is 4.39 Å². The standard InChI is InChI=1S/C16H13F3N2O2/c1-9(22)12-3-2-4-13-14(12)16(18,19)15(23)21(13)8-11-7-10(17)5-6-20-11/h2-7,9,22H,8H2,1H3/t9-/m0/s1. The van der Waals surface area contributed by atoms with Crippen LogP contribution in [-0.2, 0) is 17.3 Å². The molecule has 0 bridgehead atoms. The summed E-state index contributed by atoms with van der Waals surface area (Å²) < 4.78 is 42.0. The second-order valence-electron chi connectivity index (χ2n) is 5.35. The Hall–Kier alpha value is -2.41. The number of aliphatic hydroxyl groups is 1. The van der Waals surface area contributed by atoms with Gasteiger partial charge in [-0.3, -0.25) is 9.78 Å². The molecule has 1 atom stereocenters. The smallest absolute Gasteiger partial charge is 0.352 e. The number of carbonyl (C=O) groups is 1. The number of hydrogen-bond donors (Lipinski definition) is 1. The third-order valence-corrected chi connectivity index (χ3v) is 3.74. The van der Waals surface area contributed by atoms with Crippen LogP contribution in [0.25, 0.3) is 0 Å². The zero-order chi connectivity index (χ0) is 16.8. The van der Waals surface area contributed by atoms with Gasteiger partial charge in [-0.05, 0) is 30.7 Å². The molecule has 4 nitrogen and oxygen atoms in total. The zero-order valence-electron chi connectivity index (χ0n) is 12.1. The van der Waals surface area contributed by atoms with Crippen molar-refractivity contribution < 1.29 is 23.1 Å². The lowest BCUT2D eigenvalue weighted by Gasteiger charge is -2.17. The monoisotopic (exact) mass is 322 g/mol. The second kappa shape index (κ2) is 5.34. The van der Waals surface area contributed by atoms with Crippen LogP contribution < -0.4 is 4.90 Å². The highest BCUT2D eigenvalue weighted by atomic mass is 19.3. The number of aliphatic hydroxyl groups excluding tert-OH is 1. The number of hydrogen-bond acceptors (Lipinski definition) is 3. The van der Waals surface area contributed by atoms with Gasteiger partial charge in [0.2, 0.25) is 0 Å². The molecule has 7 heteroatoms. The number of anilines is 1. The van der Waals surface area contributed by atoms with E-state index in [9.17, 15) is 23.1 Å². The van der Waals surface area contributed by atoms with Crippen molar-refractivity contribution in [1.29, 1.82) is 0 Å². The number of rotatable bonds is 3. The number of pyridine rings is 1. The number of benzene rings is 1. The van der Waals surface area contributed by atoms with E-state index in [0.29, 0.717) is 0 Å². The molecule has 0 fully saturated rings. The topological polar surface area (TPSA) is 53.4 Å². The van der Waals surface area contributed by atoms with Crippen LogP contribution in [-0.4, -0.2) is 16.0 Å². The first-order valence-corrected chi connectivity index (χ1v) is 6.94. The number of amides is 1. The van der Waals surface area contributed by atoms with Crippen molar-refractivity contribution in [3.63, 3.8) is 0 Å². The molecule has 23 heavy (non-hydrogen) atoms. The summed E-state index contributed by atoms with van der Waals surface area (Å²) in [7, 11) is 0. The SMILES string of the molecule is C[C@H](O)c1cccc2c1C(F)(F)C(=O)N2Cc1cc(F)ccn1. The summed E-state index contributed by atoms with van der Waals surface area (Å²) in [6.45, 7) is 1.08. The minimum Gasteiger partial charge on any atom is -0.389 e. The lowest BCUT2D eigenvalue weighted by atomic mass is 9.98. The zero-order valence-corrected chi connectivity index (χ0v) is 12.1. The van der Waals surface area contributed by atoms with Crippen molar-refractivity contribution >= 4 is 11.6 Å². The summed E-state index contributed by atoms with van der Waals surface area (Å²) in [5.74, 6) is -5.71. The van der Waals surface area contributed by atoms with Gasteiger partial charge in [0.15, 0.2) is 0 Å². The van der Waals surface area contributed by atoms with Crippen LogP contribution in [0, 0.1) is 5.82 Å². The molecule has 120 valence electrons. The van der Waals surface area contributed by atoms with Gasteiger partial charge >= 0.3 is 11.8 Å². The third kappa shape index (κ3) is 2.46. The van der Waals surface area contributed by atoms with Crippen molar-refractivity contribution in [3.8, 4) is 0 Å². The second-order valence-corrected chi connectivity index (χ2v) is 5.35. The fourth-order valence-corrected chi connectivity index (χ4v) is 2.71. The number of fused-ring (bicyclic) bond motifs is 1. The Balaban J connectivity index is 2.08. The summed E-state index contributed by atoms with van der Waals surface area (Å²) in [6.07, 6.45) is 0.0621. The Morgan fingerprint density at radius 1 is 1.35 bits per heavy atom. The Kier molecular flexibility index (Phi) is 3.60. The van der Waals surface area contributed by atoms with E-state index >= 15 is 0 Å². The highest BCUT2D eigenvalue weighted by Gasteiger charge is 2.54. The highest BCUT2D eigenvalue weighted by Crippen LogP contribution is 2.47. The Bertz CT molecular complexity index is 778. The first-order valence-electron chi connectivity index (χ1n) is 6.94. The van der Waals surface area contributed by atoms with Crippen molar-refractivity contribution in [2.24, 2.45) is 0 Å². The van der Waals surface area contributed by atoms with Crippen LogP contribution in [0.4, 0.5) is 18.9 Å². The fourth-order valence-electron chi connectivity index (χ4n) is 2.71. The van der Waals surface area contributed by atoms with Crippen molar-refractivity contribution in [3.05, 3.63) is 59.2 Å². The molecule has 0 aliphatic carbocycles. The largest absolute Gasteiger partial charge is 0.389 e. The fraction of sp³-hybridized carbons (Fsp3) is 0.250. The summed E-state index contributed by atoms with van der Waals surface area (Å²) >= 11 is 0. The van der Waals surface area contributed by atoms with E-state index in [0.717, 1.165) is 17.0 Å². The van der Waals surface area contributed by atoms with Crippen LogP contribution in [0.2, 0.25) is 0 Å². The van der Waals surface area contributed by atoms with E-state index < -0.39 is 29.3 Å². The van der Waals surface area contributed by atoms with Gasteiger partial charge in [0.25, 0.3) is 0 Å². The molecule has 1 aromatic heterocycles. The third-order valence-electron chi connectivity index (χ3n) is 3.74. The molecule has 1 amide bonds. The van der Waals surface area contributed by atoms with Crippen LogP contribution in [0.15, 0.2) is 36.5 Å². The average Bonchev–Trinajstić information content (AvgIpc) is 2.68. The van der Waals surface area contributed by atoms with Crippen LogP contribution in [0.1, 0.15) is 29.8 Å². The van der Waals surface area contributed by atoms with Gasteiger partial charge in [-0.15, -0.1) is 0 Å². The Morgan fingerprint density at radius 2 is 2.09 bits per heavy atom. The predicted octanol–water partition coefficient (Wildman–Crippen LogP) is 2.91. The molecule has 1 aliphatic heterocycles. The maximum atomic E-state index is 14.4. The minimum absolute atomic E-state index is 0.00412. The number of nitrogens with zero attached hydrogens (tertiary/aromatic N) is 2.